The number of carbonyl (C=O) groups is 1. The van der Waals surface area contributed by atoms with E-state index >= 15 is 0 Å². The molecular formula is C13H18ClNO5S. The van der Waals surface area contributed by atoms with Crippen LogP contribution in [0.15, 0.2) is 23.1 Å². The van der Waals surface area contributed by atoms with Gasteiger partial charge in [0.2, 0.25) is 10.0 Å². The van der Waals surface area contributed by atoms with Crippen LogP contribution in [0.3, 0.4) is 0 Å². The van der Waals surface area contributed by atoms with Crippen LogP contribution in [-0.2, 0) is 14.8 Å². The molecule has 0 unspecified atom stereocenters. The minimum absolute atomic E-state index is 0.0670. The smallest absolute Gasteiger partial charge is 0.303 e. The number of ether oxygens (including phenoxy) is 1. The van der Waals surface area contributed by atoms with Gasteiger partial charge in [-0.05, 0) is 32.4 Å². The molecule has 0 spiro atoms. The van der Waals surface area contributed by atoms with Gasteiger partial charge in [0.05, 0.1) is 12.1 Å². The summed E-state index contributed by atoms with van der Waals surface area (Å²) in [6.07, 6.45) is 0.0184. The number of methoxy groups -OCH3 is 1. The highest BCUT2D eigenvalue weighted by molar-refractivity contribution is 7.89. The molecule has 1 aromatic rings. The van der Waals surface area contributed by atoms with Crippen molar-refractivity contribution < 1.29 is 23.1 Å². The molecular weight excluding hydrogens is 318 g/mol. The molecule has 0 heterocycles. The number of benzene rings is 1. The third-order valence-corrected chi connectivity index (χ3v) is 4.98. The summed E-state index contributed by atoms with van der Waals surface area (Å²) in [6, 6.07) is 4.30. The second-order valence-electron chi connectivity index (χ2n) is 5.18. The molecule has 0 saturated heterocycles. The van der Waals surface area contributed by atoms with Crippen LogP contribution in [0.4, 0.5) is 0 Å². The summed E-state index contributed by atoms with van der Waals surface area (Å²) in [7, 11) is -2.46. The average Bonchev–Trinajstić information content (AvgIpc) is 2.35. The summed E-state index contributed by atoms with van der Waals surface area (Å²) in [4.78, 5) is 10.5. The highest BCUT2D eigenvalue weighted by Gasteiger charge is 2.28. The van der Waals surface area contributed by atoms with Gasteiger partial charge in [-0.15, -0.1) is 0 Å². The molecule has 6 nitrogen and oxygen atoms in total. The normalized spacial score (nSPS) is 12.2. The van der Waals surface area contributed by atoms with Gasteiger partial charge in [0, 0.05) is 18.0 Å². The lowest BCUT2D eigenvalue weighted by Crippen LogP contribution is -2.43. The van der Waals surface area contributed by atoms with E-state index < -0.39 is 21.5 Å². The Kier molecular flexibility index (Phi) is 5.61. The quantitative estimate of drug-likeness (QED) is 0.797. The molecule has 0 fully saturated rings. The Morgan fingerprint density at radius 3 is 2.57 bits per heavy atom. The first-order chi connectivity index (χ1) is 9.57. The van der Waals surface area contributed by atoms with Crippen molar-refractivity contribution in [2.75, 3.05) is 7.11 Å². The van der Waals surface area contributed by atoms with E-state index in [1.807, 2.05) is 0 Å². The van der Waals surface area contributed by atoms with Gasteiger partial charge in [0.15, 0.2) is 0 Å². The molecule has 2 N–H and O–H groups in total. The first-order valence-corrected chi connectivity index (χ1v) is 8.03. The molecule has 21 heavy (non-hydrogen) atoms. The second kappa shape index (κ2) is 6.64. The van der Waals surface area contributed by atoms with Crippen molar-refractivity contribution in [3.05, 3.63) is 23.2 Å². The number of halogens is 1. The fraction of sp³-hybridized carbons (Fsp3) is 0.462. The van der Waals surface area contributed by atoms with Crippen LogP contribution in [0.2, 0.25) is 5.02 Å². The predicted molar refractivity (Wildman–Crippen MR) is 79.3 cm³/mol. The highest BCUT2D eigenvalue weighted by Crippen LogP contribution is 2.27. The molecule has 118 valence electrons. The number of hydrogen-bond acceptors (Lipinski definition) is 4. The minimum Gasteiger partial charge on any atom is -0.497 e. The van der Waals surface area contributed by atoms with Crippen molar-refractivity contribution in [1.29, 1.82) is 0 Å². The van der Waals surface area contributed by atoms with Crippen LogP contribution in [0, 0.1) is 0 Å². The van der Waals surface area contributed by atoms with E-state index in [9.17, 15) is 13.2 Å². The maximum atomic E-state index is 12.4. The third-order valence-electron chi connectivity index (χ3n) is 2.80. The summed E-state index contributed by atoms with van der Waals surface area (Å²) in [6.45, 7) is 3.23. The van der Waals surface area contributed by atoms with Crippen LogP contribution in [-0.4, -0.2) is 32.1 Å². The Balaban J connectivity index is 3.03. The molecule has 1 rings (SSSR count). The molecule has 0 aromatic heterocycles. The van der Waals surface area contributed by atoms with Crippen molar-refractivity contribution in [2.24, 2.45) is 0 Å². The Hall–Kier alpha value is -1.31. The molecule has 0 radical (unpaired) electrons. The third kappa shape index (κ3) is 5.18. The minimum atomic E-state index is -3.88. The van der Waals surface area contributed by atoms with Gasteiger partial charge in [-0.1, -0.05) is 11.6 Å². The van der Waals surface area contributed by atoms with E-state index in [2.05, 4.69) is 4.72 Å². The molecule has 0 aliphatic heterocycles. The molecule has 0 saturated carbocycles. The van der Waals surface area contributed by atoms with Crippen molar-refractivity contribution in [1.82, 2.24) is 4.72 Å². The lowest BCUT2D eigenvalue weighted by molar-refractivity contribution is -0.137. The maximum Gasteiger partial charge on any atom is 0.303 e. The van der Waals surface area contributed by atoms with Crippen molar-refractivity contribution in [2.45, 2.75) is 37.1 Å². The number of nitrogens with one attached hydrogen (secondary N) is 1. The highest BCUT2D eigenvalue weighted by atomic mass is 35.5. The summed E-state index contributed by atoms with van der Waals surface area (Å²) in [5, 5.41) is 8.76. The van der Waals surface area contributed by atoms with Crippen molar-refractivity contribution in [3.63, 3.8) is 0 Å². The number of rotatable bonds is 7. The molecule has 8 heteroatoms. The van der Waals surface area contributed by atoms with Gasteiger partial charge in [0.1, 0.15) is 10.6 Å². The fourth-order valence-electron chi connectivity index (χ4n) is 1.71. The van der Waals surface area contributed by atoms with Crippen LogP contribution in [0.25, 0.3) is 0 Å². The lowest BCUT2D eigenvalue weighted by atomic mass is 10.0. The van der Waals surface area contributed by atoms with Crippen LogP contribution in [0.5, 0.6) is 5.75 Å². The van der Waals surface area contributed by atoms with Gasteiger partial charge in [0.25, 0.3) is 0 Å². The average molecular weight is 336 g/mol. The van der Waals surface area contributed by atoms with Crippen molar-refractivity contribution in [3.8, 4) is 5.75 Å². The molecule has 0 bridgehead atoms. The SMILES string of the molecule is COc1ccc(Cl)c(S(=O)(=O)NC(C)(C)CCC(=O)O)c1. The van der Waals surface area contributed by atoms with E-state index in [-0.39, 0.29) is 22.8 Å². The number of sulfonamides is 1. The Labute approximate surface area is 129 Å². The first-order valence-electron chi connectivity index (χ1n) is 6.17. The van der Waals surface area contributed by atoms with E-state index in [1.54, 1.807) is 19.9 Å². The van der Waals surface area contributed by atoms with Crippen molar-refractivity contribution >= 4 is 27.6 Å². The maximum absolute atomic E-state index is 12.4. The molecule has 0 amide bonds. The Bertz CT molecular complexity index is 627. The number of aliphatic carboxylic acids is 1. The Morgan fingerprint density at radius 2 is 2.05 bits per heavy atom. The van der Waals surface area contributed by atoms with Crippen LogP contribution >= 0.6 is 11.6 Å². The van der Waals surface area contributed by atoms with Gasteiger partial charge in [-0.3, -0.25) is 4.79 Å². The monoisotopic (exact) mass is 335 g/mol. The Morgan fingerprint density at radius 1 is 1.43 bits per heavy atom. The second-order valence-corrected chi connectivity index (χ2v) is 7.24. The predicted octanol–water partition coefficient (Wildman–Crippen LogP) is 2.27. The van der Waals surface area contributed by atoms with Gasteiger partial charge >= 0.3 is 5.97 Å². The van der Waals surface area contributed by atoms with Gasteiger partial charge in [-0.25, -0.2) is 13.1 Å². The summed E-state index contributed by atoms with van der Waals surface area (Å²) >= 11 is 5.93. The van der Waals surface area contributed by atoms with Gasteiger partial charge < -0.3 is 9.84 Å². The zero-order chi connectivity index (χ0) is 16.3. The molecule has 0 aliphatic rings. The summed E-state index contributed by atoms with van der Waals surface area (Å²) in [5.74, 6) is -0.621. The molecule has 0 atom stereocenters. The number of carboxylic acid groups (broad SMARTS) is 1. The zero-order valence-electron chi connectivity index (χ0n) is 12.0. The molecule has 1 aromatic carbocycles. The standard InChI is InChI=1S/C13H18ClNO5S/c1-13(2,7-6-12(16)17)15-21(18,19)11-8-9(20-3)4-5-10(11)14/h4-5,8,15H,6-7H2,1-3H3,(H,16,17). The number of hydrogen-bond donors (Lipinski definition) is 2. The summed E-state index contributed by atoms with van der Waals surface area (Å²) in [5.41, 5.74) is -0.913. The molecule has 0 aliphatic carbocycles. The number of carboxylic acids is 1. The van der Waals surface area contributed by atoms with E-state index in [0.29, 0.717) is 5.75 Å². The van der Waals surface area contributed by atoms with Gasteiger partial charge in [-0.2, -0.15) is 0 Å². The van der Waals surface area contributed by atoms with E-state index in [0.717, 1.165) is 0 Å². The first kappa shape index (κ1) is 17.7. The van der Waals surface area contributed by atoms with E-state index in [4.69, 9.17) is 21.4 Å². The fourth-order valence-corrected chi connectivity index (χ4v) is 3.66. The topological polar surface area (TPSA) is 92.7 Å². The lowest BCUT2D eigenvalue weighted by Gasteiger charge is -2.25. The summed E-state index contributed by atoms with van der Waals surface area (Å²) < 4.78 is 32.2. The van der Waals surface area contributed by atoms with E-state index in [1.165, 1.54) is 19.2 Å². The van der Waals surface area contributed by atoms with Crippen LogP contribution < -0.4 is 9.46 Å². The van der Waals surface area contributed by atoms with Crippen LogP contribution in [0.1, 0.15) is 26.7 Å². The zero-order valence-corrected chi connectivity index (χ0v) is 13.6. The largest absolute Gasteiger partial charge is 0.497 e.